The fraction of sp³-hybridized carbons (Fsp3) is 0.219. The van der Waals surface area contributed by atoms with Gasteiger partial charge in [0.1, 0.15) is 0 Å². The molecule has 0 aromatic heterocycles. The van der Waals surface area contributed by atoms with Gasteiger partial charge in [-0.1, -0.05) is 123 Å². The standard InChI is InChI=1S/C27H24.C5H10O2/c1-4-11-22(12-5-1)19-25-17-10-18-26(20-23-13-6-2-7-14-23)27(25)21-24-15-8-3-9-16-24;1-2-3-4-7-5-6/h1-18H,19-21H2;5H,2-4H2,1H3. The van der Waals surface area contributed by atoms with Gasteiger partial charge in [0.15, 0.2) is 0 Å². The third-order valence-electron chi connectivity index (χ3n) is 5.75. The lowest BCUT2D eigenvalue weighted by atomic mass is 9.89. The number of carbonyl (C=O) groups is 1. The molecule has 0 fully saturated rings. The van der Waals surface area contributed by atoms with Crippen LogP contribution in [0.3, 0.4) is 0 Å². The third kappa shape index (κ3) is 8.37. The summed E-state index contributed by atoms with van der Waals surface area (Å²) in [7, 11) is 0. The Bertz CT molecular complexity index is 1030. The molecule has 174 valence electrons. The van der Waals surface area contributed by atoms with E-state index in [4.69, 9.17) is 0 Å². The minimum absolute atomic E-state index is 0.482. The van der Waals surface area contributed by atoms with Crippen LogP contribution in [-0.2, 0) is 28.8 Å². The fourth-order valence-electron chi connectivity index (χ4n) is 3.95. The van der Waals surface area contributed by atoms with Gasteiger partial charge < -0.3 is 4.74 Å². The van der Waals surface area contributed by atoms with Gasteiger partial charge in [0.2, 0.25) is 0 Å². The highest BCUT2D eigenvalue weighted by Gasteiger charge is 2.11. The molecule has 0 aliphatic carbocycles. The van der Waals surface area contributed by atoms with Gasteiger partial charge in [0, 0.05) is 0 Å². The summed E-state index contributed by atoms with van der Waals surface area (Å²) in [6, 6.07) is 39.1. The van der Waals surface area contributed by atoms with Crippen LogP contribution < -0.4 is 0 Å². The quantitative estimate of drug-likeness (QED) is 0.186. The van der Waals surface area contributed by atoms with E-state index in [2.05, 4.69) is 114 Å². The first-order valence-electron chi connectivity index (χ1n) is 12.1. The van der Waals surface area contributed by atoms with Gasteiger partial charge in [-0.25, -0.2) is 0 Å². The number of ether oxygens (including phenoxy) is 1. The van der Waals surface area contributed by atoms with Gasteiger partial charge in [-0.3, -0.25) is 4.79 Å². The Kier molecular flexibility index (Phi) is 10.6. The topological polar surface area (TPSA) is 26.3 Å². The van der Waals surface area contributed by atoms with Crippen molar-refractivity contribution < 1.29 is 9.53 Å². The van der Waals surface area contributed by atoms with E-state index < -0.39 is 0 Å². The molecule has 0 N–H and O–H groups in total. The molecule has 0 aliphatic rings. The van der Waals surface area contributed by atoms with Crippen molar-refractivity contribution in [2.75, 3.05) is 6.61 Å². The summed E-state index contributed by atoms with van der Waals surface area (Å²) in [4.78, 5) is 9.46. The van der Waals surface area contributed by atoms with Gasteiger partial charge in [-0.05, 0) is 59.1 Å². The van der Waals surface area contributed by atoms with E-state index in [-0.39, 0.29) is 0 Å². The van der Waals surface area contributed by atoms with Crippen LogP contribution in [0.25, 0.3) is 0 Å². The molecule has 0 spiro atoms. The molecule has 0 saturated carbocycles. The van der Waals surface area contributed by atoms with E-state index in [1.807, 2.05) is 6.92 Å². The number of hydrogen-bond donors (Lipinski definition) is 0. The lowest BCUT2D eigenvalue weighted by Crippen LogP contribution is -2.03. The van der Waals surface area contributed by atoms with Crippen molar-refractivity contribution in [3.63, 3.8) is 0 Å². The minimum Gasteiger partial charge on any atom is -0.468 e. The van der Waals surface area contributed by atoms with Gasteiger partial charge >= 0.3 is 0 Å². The normalized spacial score (nSPS) is 10.1. The number of carbonyl (C=O) groups excluding carboxylic acids is 1. The minimum atomic E-state index is 0.482. The molecule has 34 heavy (non-hydrogen) atoms. The average molecular weight is 451 g/mol. The molecular weight excluding hydrogens is 416 g/mol. The van der Waals surface area contributed by atoms with Crippen LogP contribution in [0.2, 0.25) is 0 Å². The summed E-state index contributed by atoms with van der Waals surface area (Å²) in [5.74, 6) is 0. The average Bonchev–Trinajstić information content (AvgIpc) is 2.89. The largest absolute Gasteiger partial charge is 0.468 e. The molecule has 0 heterocycles. The van der Waals surface area contributed by atoms with Crippen molar-refractivity contribution in [3.8, 4) is 0 Å². The van der Waals surface area contributed by atoms with Crippen molar-refractivity contribution >= 4 is 6.47 Å². The Balaban J connectivity index is 0.000000406. The van der Waals surface area contributed by atoms with E-state index in [0.717, 1.165) is 32.1 Å². The van der Waals surface area contributed by atoms with Crippen LogP contribution in [0.1, 0.15) is 53.1 Å². The Morgan fingerprint density at radius 2 is 1.03 bits per heavy atom. The molecule has 0 atom stereocenters. The molecule has 4 rings (SSSR count). The van der Waals surface area contributed by atoms with Gasteiger partial charge in [0.25, 0.3) is 6.47 Å². The summed E-state index contributed by atoms with van der Waals surface area (Å²) in [6.07, 6.45) is 4.98. The first kappa shape index (κ1) is 25.0. The van der Waals surface area contributed by atoms with Crippen molar-refractivity contribution in [1.29, 1.82) is 0 Å². The number of rotatable bonds is 10. The van der Waals surface area contributed by atoms with Crippen molar-refractivity contribution in [3.05, 3.63) is 143 Å². The maximum Gasteiger partial charge on any atom is 0.293 e. The Labute approximate surface area is 204 Å². The maximum atomic E-state index is 9.46. The van der Waals surface area contributed by atoms with Gasteiger partial charge in [-0.2, -0.15) is 0 Å². The number of hydrogen-bond acceptors (Lipinski definition) is 2. The molecule has 0 unspecified atom stereocenters. The zero-order valence-electron chi connectivity index (χ0n) is 20.0. The molecular formula is C32H34O2. The molecule has 0 radical (unpaired) electrons. The zero-order valence-corrected chi connectivity index (χ0v) is 20.0. The third-order valence-corrected chi connectivity index (χ3v) is 5.75. The predicted octanol–water partition coefficient (Wildman–Crippen LogP) is 7.42. The van der Waals surface area contributed by atoms with Crippen molar-refractivity contribution in [2.45, 2.75) is 39.0 Å². The van der Waals surface area contributed by atoms with Crippen LogP contribution in [0, 0.1) is 0 Å². The SMILES string of the molecule is CCCCOC=O.c1ccc(Cc2cccc(Cc3ccccc3)c2Cc2ccccc2)cc1. The summed E-state index contributed by atoms with van der Waals surface area (Å²) < 4.78 is 4.39. The summed E-state index contributed by atoms with van der Waals surface area (Å²) >= 11 is 0. The Hall–Kier alpha value is -3.65. The fourth-order valence-corrected chi connectivity index (χ4v) is 3.95. The molecule has 0 saturated heterocycles. The molecule has 4 aromatic carbocycles. The van der Waals surface area contributed by atoms with Crippen molar-refractivity contribution in [2.24, 2.45) is 0 Å². The van der Waals surface area contributed by atoms with E-state index in [1.165, 1.54) is 33.4 Å². The first-order chi connectivity index (χ1) is 16.8. The molecule has 2 heteroatoms. The lowest BCUT2D eigenvalue weighted by Gasteiger charge is -2.16. The summed E-state index contributed by atoms with van der Waals surface area (Å²) in [6.45, 7) is 3.10. The molecule has 0 aliphatic heterocycles. The Morgan fingerprint density at radius 3 is 1.44 bits per heavy atom. The number of unbranched alkanes of at least 4 members (excludes halogenated alkanes) is 1. The van der Waals surface area contributed by atoms with Crippen LogP contribution in [-0.4, -0.2) is 13.1 Å². The van der Waals surface area contributed by atoms with Crippen LogP contribution in [0.4, 0.5) is 0 Å². The predicted molar refractivity (Wildman–Crippen MR) is 141 cm³/mol. The highest BCUT2D eigenvalue weighted by atomic mass is 16.5. The molecule has 0 amide bonds. The highest BCUT2D eigenvalue weighted by Crippen LogP contribution is 2.24. The molecule has 2 nitrogen and oxygen atoms in total. The highest BCUT2D eigenvalue weighted by molar-refractivity contribution is 5.43. The summed E-state index contributed by atoms with van der Waals surface area (Å²) in [5, 5.41) is 0. The van der Waals surface area contributed by atoms with Crippen LogP contribution >= 0.6 is 0 Å². The van der Waals surface area contributed by atoms with Crippen LogP contribution in [0.5, 0.6) is 0 Å². The second kappa shape index (κ2) is 14.5. The van der Waals surface area contributed by atoms with E-state index in [9.17, 15) is 4.79 Å². The maximum absolute atomic E-state index is 9.46. The smallest absolute Gasteiger partial charge is 0.293 e. The van der Waals surface area contributed by atoms with Crippen LogP contribution in [0.15, 0.2) is 109 Å². The second-order valence-corrected chi connectivity index (χ2v) is 8.36. The zero-order chi connectivity index (χ0) is 23.8. The number of benzene rings is 4. The summed E-state index contributed by atoms with van der Waals surface area (Å²) in [5.41, 5.74) is 8.42. The van der Waals surface area contributed by atoms with E-state index in [1.54, 1.807) is 0 Å². The molecule has 4 aromatic rings. The lowest BCUT2D eigenvalue weighted by molar-refractivity contribution is -0.128. The van der Waals surface area contributed by atoms with Gasteiger partial charge in [-0.15, -0.1) is 0 Å². The monoisotopic (exact) mass is 450 g/mol. The Morgan fingerprint density at radius 1 is 0.588 bits per heavy atom. The van der Waals surface area contributed by atoms with Crippen molar-refractivity contribution in [1.82, 2.24) is 0 Å². The van der Waals surface area contributed by atoms with E-state index in [0.29, 0.717) is 13.1 Å². The second-order valence-electron chi connectivity index (χ2n) is 8.36. The molecule has 0 bridgehead atoms. The van der Waals surface area contributed by atoms with E-state index >= 15 is 0 Å². The van der Waals surface area contributed by atoms with Gasteiger partial charge in [0.05, 0.1) is 6.61 Å². The first-order valence-corrected chi connectivity index (χ1v) is 12.1.